The van der Waals surface area contributed by atoms with E-state index in [0.717, 1.165) is 5.71 Å². The van der Waals surface area contributed by atoms with Crippen molar-refractivity contribution in [1.82, 2.24) is 4.98 Å². The van der Waals surface area contributed by atoms with Crippen molar-refractivity contribution in [3.8, 4) is 11.8 Å². The number of anilines is 1. The second kappa shape index (κ2) is 7.36. The average Bonchev–Trinajstić information content (AvgIpc) is 2.62. The summed E-state index contributed by atoms with van der Waals surface area (Å²) in [4.78, 5) is 21.4. The summed E-state index contributed by atoms with van der Waals surface area (Å²) in [5, 5.41) is 0. The molecule has 1 spiro atoms. The molecule has 0 radical (unpaired) electrons. The van der Waals surface area contributed by atoms with Crippen molar-refractivity contribution in [3.63, 3.8) is 0 Å². The number of nitrogens with one attached hydrogen (secondary N) is 1. The molecule has 2 aliphatic heterocycles. The van der Waals surface area contributed by atoms with Gasteiger partial charge in [0.25, 0.3) is 5.56 Å². The topological polar surface area (TPSA) is 92.9 Å². The number of nitrogens with two attached hydrogens (primary N) is 1. The zero-order valence-electron chi connectivity index (χ0n) is 15.3. The van der Waals surface area contributed by atoms with Gasteiger partial charge < -0.3 is 25.1 Å². The summed E-state index contributed by atoms with van der Waals surface area (Å²) in [6.45, 7) is 6.25. The lowest BCUT2D eigenvalue weighted by Gasteiger charge is -2.53. The molecule has 0 aliphatic carbocycles. The third kappa shape index (κ3) is 3.26. The Kier molecular flexibility index (Phi) is 5.16. The lowest BCUT2D eigenvalue weighted by Crippen LogP contribution is -2.68. The van der Waals surface area contributed by atoms with E-state index in [1.54, 1.807) is 13.2 Å². The maximum Gasteiger partial charge on any atom is 0.271 e. The molecule has 26 heavy (non-hydrogen) atoms. The van der Waals surface area contributed by atoms with Crippen LogP contribution in [0.3, 0.4) is 0 Å². The van der Waals surface area contributed by atoms with E-state index in [1.807, 2.05) is 13.0 Å². The molecule has 1 atom stereocenters. The largest absolute Gasteiger partial charge is 0.404 e. The summed E-state index contributed by atoms with van der Waals surface area (Å²) >= 11 is 0. The Balaban J connectivity index is 1.91. The van der Waals surface area contributed by atoms with Gasteiger partial charge in [-0.1, -0.05) is 11.8 Å². The van der Waals surface area contributed by atoms with Crippen LogP contribution in [-0.2, 0) is 9.47 Å². The third-order valence-corrected chi connectivity index (χ3v) is 5.07. The van der Waals surface area contributed by atoms with Crippen molar-refractivity contribution in [3.05, 3.63) is 40.0 Å². The fraction of sp³-hybridized carbons (Fsp3) is 0.474. The van der Waals surface area contributed by atoms with Crippen LogP contribution in [0.4, 0.5) is 5.69 Å². The number of hydrogen-bond acceptors (Lipinski definition) is 6. The smallest absolute Gasteiger partial charge is 0.271 e. The molecule has 7 nitrogen and oxygen atoms in total. The molecule has 0 amide bonds. The van der Waals surface area contributed by atoms with Gasteiger partial charge >= 0.3 is 0 Å². The van der Waals surface area contributed by atoms with E-state index in [-0.39, 0.29) is 17.2 Å². The number of H-pyrrole nitrogens is 1. The van der Waals surface area contributed by atoms with Gasteiger partial charge in [0.1, 0.15) is 11.3 Å². The van der Waals surface area contributed by atoms with Gasteiger partial charge in [0.05, 0.1) is 31.4 Å². The number of pyridine rings is 1. The molecule has 138 valence electrons. The highest BCUT2D eigenvalue weighted by Gasteiger charge is 2.50. The first-order valence-corrected chi connectivity index (χ1v) is 8.59. The lowest BCUT2D eigenvalue weighted by atomic mass is 9.90. The highest BCUT2D eigenvalue weighted by atomic mass is 16.6. The molecule has 2 aliphatic rings. The van der Waals surface area contributed by atoms with Crippen LogP contribution in [0.1, 0.15) is 19.4 Å². The van der Waals surface area contributed by atoms with Crippen molar-refractivity contribution in [2.24, 2.45) is 10.7 Å². The number of hydrogen-bond donors (Lipinski definition) is 2. The first kappa shape index (κ1) is 18.2. The van der Waals surface area contributed by atoms with Gasteiger partial charge in [0.15, 0.2) is 0 Å². The van der Waals surface area contributed by atoms with Gasteiger partial charge in [0.2, 0.25) is 0 Å². The predicted molar refractivity (Wildman–Crippen MR) is 102 cm³/mol. The second-order valence-electron chi connectivity index (χ2n) is 6.52. The van der Waals surface area contributed by atoms with Crippen LogP contribution in [-0.4, -0.2) is 55.8 Å². The van der Waals surface area contributed by atoms with Crippen molar-refractivity contribution < 1.29 is 9.47 Å². The molecule has 2 fully saturated rings. The van der Waals surface area contributed by atoms with E-state index < -0.39 is 0 Å². The number of ether oxygens (including phenoxy) is 2. The quantitative estimate of drug-likeness (QED) is 0.600. The number of allylic oxidation sites excluding steroid dienone is 1. The molecule has 1 aromatic heterocycles. The maximum atomic E-state index is 12.4. The van der Waals surface area contributed by atoms with Crippen molar-refractivity contribution in [2.75, 3.05) is 38.3 Å². The summed E-state index contributed by atoms with van der Waals surface area (Å²) in [5.41, 5.74) is 7.88. The number of aromatic nitrogens is 1. The molecule has 0 saturated carbocycles. The highest BCUT2D eigenvalue weighted by molar-refractivity contribution is 6.02. The van der Waals surface area contributed by atoms with Gasteiger partial charge in [0, 0.05) is 37.3 Å². The molecule has 0 bridgehead atoms. The Bertz CT molecular complexity index is 856. The maximum absolute atomic E-state index is 12.4. The minimum atomic E-state index is -0.323. The Morgan fingerprint density at radius 1 is 1.54 bits per heavy atom. The average molecular weight is 356 g/mol. The summed E-state index contributed by atoms with van der Waals surface area (Å²) in [6.07, 6.45) is 3.05. The second-order valence-corrected chi connectivity index (χ2v) is 6.52. The molecule has 3 N–H and O–H groups in total. The van der Waals surface area contributed by atoms with Gasteiger partial charge in [-0.05, 0) is 19.9 Å². The van der Waals surface area contributed by atoms with Crippen LogP contribution in [0.5, 0.6) is 0 Å². The fourth-order valence-corrected chi connectivity index (χ4v) is 3.17. The number of morpholine rings is 1. The van der Waals surface area contributed by atoms with Gasteiger partial charge in [-0.3, -0.25) is 9.79 Å². The Hall–Kier alpha value is -2.56. The number of nitrogens with zero attached hydrogens (tertiary/aromatic N) is 2. The van der Waals surface area contributed by atoms with E-state index in [9.17, 15) is 4.79 Å². The van der Waals surface area contributed by atoms with Crippen LogP contribution < -0.4 is 16.2 Å². The molecule has 1 aromatic rings. The molecular weight excluding hydrogens is 332 g/mol. The van der Waals surface area contributed by atoms with Gasteiger partial charge in [-0.25, -0.2) is 0 Å². The first-order chi connectivity index (χ1) is 12.5. The lowest BCUT2D eigenvalue weighted by molar-refractivity contribution is -0.228. The monoisotopic (exact) mass is 356 g/mol. The molecule has 1 unspecified atom stereocenters. The normalized spacial score (nSPS) is 22.6. The number of rotatable bonds is 2. The molecule has 3 rings (SSSR count). The third-order valence-electron chi connectivity index (χ3n) is 5.07. The van der Waals surface area contributed by atoms with Crippen LogP contribution in [0.15, 0.2) is 33.8 Å². The minimum Gasteiger partial charge on any atom is -0.404 e. The summed E-state index contributed by atoms with van der Waals surface area (Å²) < 4.78 is 11.3. The minimum absolute atomic E-state index is 0.0447. The van der Waals surface area contributed by atoms with Gasteiger partial charge in [-0.15, -0.1) is 0 Å². The van der Waals surface area contributed by atoms with Crippen LogP contribution >= 0.6 is 0 Å². The molecular formula is C19H24N4O3. The molecule has 0 aromatic carbocycles. The summed E-state index contributed by atoms with van der Waals surface area (Å²) in [5.74, 6) is 6.06. The van der Waals surface area contributed by atoms with E-state index in [0.29, 0.717) is 43.2 Å². The molecule has 2 saturated heterocycles. The van der Waals surface area contributed by atoms with Crippen molar-refractivity contribution >= 4 is 11.4 Å². The fourth-order valence-electron chi connectivity index (χ4n) is 3.17. The summed E-state index contributed by atoms with van der Waals surface area (Å²) in [6, 6.07) is 1.86. The SMILES string of the molecule is CN=C(C)/C(C#Cc1c[nH]c(=O)c(N2CCOC3(COC3)C2C)c1)=C\N. The van der Waals surface area contributed by atoms with E-state index in [4.69, 9.17) is 15.2 Å². The van der Waals surface area contributed by atoms with E-state index >= 15 is 0 Å². The van der Waals surface area contributed by atoms with Crippen LogP contribution in [0, 0.1) is 11.8 Å². The van der Waals surface area contributed by atoms with Crippen LogP contribution in [0.25, 0.3) is 0 Å². The zero-order chi connectivity index (χ0) is 18.7. The Labute approximate surface area is 152 Å². The number of aromatic amines is 1. The van der Waals surface area contributed by atoms with Crippen LogP contribution in [0.2, 0.25) is 0 Å². The van der Waals surface area contributed by atoms with Gasteiger partial charge in [-0.2, -0.15) is 0 Å². The van der Waals surface area contributed by atoms with Crippen molar-refractivity contribution in [2.45, 2.75) is 25.5 Å². The van der Waals surface area contributed by atoms with E-state index in [1.165, 1.54) is 6.20 Å². The zero-order valence-corrected chi connectivity index (χ0v) is 15.3. The Morgan fingerprint density at radius 2 is 2.31 bits per heavy atom. The standard InChI is InChI=1S/C19H24N4O3/c1-13(21-3)16(9-20)5-4-15-8-17(18(24)22-10-15)23-6-7-26-19(14(23)2)11-25-12-19/h8-10,14H,6-7,11-12,20H2,1-3H3,(H,22,24)/b16-9-,21-13?. The Morgan fingerprint density at radius 3 is 2.92 bits per heavy atom. The first-order valence-electron chi connectivity index (χ1n) is 8.59. The predicted octanol–water partition coefficient (Wildman–Crippen LogP) is 0.654. The molecule has 3 heterocycles. The molecule has 7 heteroatoms. The van der Waals surface area contributed by atoms with Crippen molar-refractivity contribution in [1.29, 1.82) is 0 Å². The summed E-state index contributed by atoms with van der Waals surface area (Å²) in [7, 11) is 1.69. The highest BCUT2D eigenvalue weighted by Crippen LogP contribution is 2.34. The number of aliphatic imine (C=N–C) groups is 1. The van der Waals surface area contributed by atoms with E-state index in [2.05, 4.69) is 33.6 Å².